The van der Waals surface area contributed by atoms with Crippen LogP contribution in [0.1, 0.15) is 25.3 Å². The molecular formula is C18H21N4O2S+. The van der Waals surface area contributed by atoms with Crippen molar-refractivity contribution >= 4 is 17.6 Å². The van der Waals surface area contributed by atoms with Crippen LogP contribution in [0, 0.1) is 33.5 Å². The van der Waals surface area contributed by atoms with Gasteiger partial charge in [0.15, 0.2) is 10.8 Å². The van der Waals surface area contributed by atoms with Gasteiger partial charge in [0.2, 0.25) is 0 Å². The van der Waals surface area contributed by atoms with Gasteiger partial charge in [-0.2, -0.15) is 10.5 Å². The van der Waals surface area contributed by atoms with Gasteiger partial charge in [-0.25, -0.2) is 4.99 Å². The van der Waals surface area contributed by atoms with Gasteiger partial charge < -0.3 is 9.47 Å². The van der Waals surface area contributed by atoms with Crippen molar-refractivity contribution in [3.8, 4) is 12.1 Å². The summed E-state index contributed by atoms with van der Waals surface area (Å²) in [7, 11) is 0. The van der Waals surface area contributed by atoms with Crippen LogP contribution in [0.25, 0.3) is 0 Å². The lowest BCUT2D eigenvalue weighted by atomic mass is 9.93. The SMILES string of the molecule is CCOC1(OCC)[NH+]=C(N)[C@@]2(C#N)[C@@H](c3ccc(SC)cc3)[C@@]12C#N. The second-order valence-corrected chi connectivity index (χ2v) is 6.95. The van der Waals surface area contributed by atoms with Gasteiger partial charge in [-0.1, -0.05) is 12.1 Å². The Kier molecular flexibility index (Phi) is 4.28. The number of nitrogens with one attached hydrogen (secondary N) is 1. The predicted molar refractivity (Wildman–Crippen MR) is 93.2 cm³/mol. The number of nitrogens with two attached hydrogens (primary N) is 1. The minimum atomic E-state index is -1.42. The first-order valence-electron chi connectivity index (χ1n) is 8.19. The van der Waals surface area contributed by atoms with E-state index in [1.807, 2.05) is 44.4 Å². The average Bonchev–Trinajstić information content (AvgIpc) is 3.21. The molecule has 1 heterocycles. The van der Waals surface area contributed by atoms with E-state index in [4.69, 9.17) is 15.2 Å². The number of hydrogen-bond acceptors (Lipinski definition) is 6. The van der Waals surface area contributed by atoms with Crippen LogP contribution >= 0.6 is 11.8 Å². The fraction of sp³-hybridized carbons (Fsp3) is 0.500. The Hall–Kier alpha value is -2.06. The number of hydrogen-bond donors (Lipinski definition) is 2. The number of ether oxygens (including phenoxy) is 2. The maximum atomic E-state index is 10.1. The zero-order valence-corrected chi connectivity index (χ0v) is 15.3. The normalized spacial score (nSPS) is 31.6. The monoisotopic (exact) mass is 357 g/mol. The van der Waals surface area contributed by atoms with Crippen molar-refractivity contribution in [1.82, 2.24) is 0 Å². The van der Waals surface area contributed by atoms with Crippen molar-refractivity contribution < 1.29 is 14.5 Å². The maximum Gasteiger partial charge on any atom is 0.343 e. The van der Waals surface area contributed by atoms with Crippen LogP contribution in [0.15, 0.2) is 29.2 Å². The number of thioether (sulfide) groups is 1. The summed E-state index contributed by atoms with van der Waals surface area (Å²) in [5, 5.41) is 20.1. The minimum absolute atomic E-state index is 0.234. The summed E-state index contributed by atoms with van der Waals surface area (Å²) in [5.74, 6) is -1.60. The topological polar surface area (TPSA) is 106 Å². The second-order valence-electron chi connectivity index (χ2n) is 6.07. The van der Waals surface area contributed by atoms with Gasteiger partial charge in [-0.3, -0.25) is 5.73 Å². The molecule has 0 unspecified atom stereocenters. The Labute approximate surface area is 151 Å². The summed E-state index contributed by atoms with van der Waals surface area (Å²) in [6, 6.07) is 12.5. The smallest absolute Gasteiger partial charge is 0.314 e. The van der Waals surface area contributed by atoms with Crippen molar-refractivity contribution in [2.75, 3.05) is 19.5 Å². The standard InChI is InChI=1S/C18H20N4O2S/c1-4-23-18(24-5-2)17(11-20)14(16(17,10-19)15(21)22-18)12-6-8-13(25-3)9-7-12/h6-9,14H,4-5H2,1-3H3,(H2,21,22)/p+1/t14-,16-,17-/m1/s1. The first-order chi connectivity index (χ1) is 12.0. The average molecular weight is 357 g/mol. The molecule has 3 N–H and O–H groups in total. The maximum absolute atomic E-state index is 10.1. The molecular weight excluding hydrogens is 336 g/mol. The van der Waals surface area contributed by atoms with Gasteiger partial charge in [0.05, 0.1) is 25.4 Å². The summed E-state index contributed by atoms with van der Waals surface area (Å²) in [6.07, 6.45) is 2.00. The third-order valence-corrected chi connectivity index (χ3v) is 5.89. The van der Waals surface area contributed by atoms with E-state index in [1.165, 1.54) is 0 Å². The highest BCUT2D eigenvalue weighted by Gasteiger charge is 2.97. The summed E-state index contributed by atoms with van der Waals surface area (Å²) in [6.45, 7) is 4.29. The largest absolute Gasteiger partial charge is 0.343 e. The molecule has 1 aliphatic heterocycles. The lowest BCUT2D eigenvalue weighted by Crippen LogP contribution is -2.91. The molecule has 6 nitrogen and oxygen atoms in total. The molecule has 3 rings (SSSR count). The van der Waals surface area contributed by atoms with E-state index in [-0.39, 0.29) is 5.84 Å². The second kappa shape index (κ2) is 6.03. The molecule has 0 spiro atoms. The van der Waals surface area contributed by atoms with Crippen molar-refractivity contribution in [3.05, 3.63) is 29.8 Å². The Balaban J connectivity index is 2.17. The molecule has 0 amide bonds. The van der Waals surface area contributed by atoms with E-state index in [9.17, 15) is 10.5 Å². The van der Waals surface area contributed by atoms with Crippen LogP contribution in [0.5, 0.6) is 0 Å². The predicted octanol–water partition coefficient (Wildman–Crippen LogP) is 0.704. The molecule has 130 valence electrons. The van der Waals surface area contributed by atoms with Crippen LogP contribution in [-0.2, 0) is 9.47 Å². The quantitative estimate of drug-likeness (QED) is 0.573. The molecule has 0 saturated heterocycles. The van der Waals surface area contributed by atoms with E-state index in [1.54, 1.807) is 11.8 Å². The molecule has 3 atom stereocenters. The third-order valence-electron chi connectivity index (χ3n) is 5.14. The molecule has 1 aromatic rings. The summed E-state index contributed by atoms with van der Waals surface area (Å²) in [4.78, 5) is 4.09. The zero-order valence-electron chi connectivity index (χ0n) is 14.5. The molecule has 2 aliphatic rings. The minimum Gasteiger partial charge on any atom is -0.314 e. The highest BCUT2D eigenvalue weighted by molar-refractivity contribution is 7.98. The van der Waals surface area contributed by atoms with Gasteiger partial charge in [-0.15, -0.1) is 11.8 Å². The van der Waals surface area contributed by atoms with Gasteiger partial charge in [0, 0.05) is 10.8 Å². The Morgan fingerprint density at radius 3 is 2.20 bits per heavy atom. The molecule has 7 heteroatoms. The highest BCUT2D eigenvalue weighted by Crippen LogP contribution is 2.78. The lowest BCUT2D eigenvalue weighted by Gasteiger charge is -2.29. The van der Waals surface area contributed by atoms with Crippen molar-refractivity contribution in [1.29, 1.82) is 10.5 Å². The summed E-state index contributed by atoms with van der Waals surface area (Å²) >= 11 is 1.64. The molecule has 1 saturated carbocycles. The van der Waals surface area contributed by atoms with E-state index in [0.717, 1.165) is 10.5 Å². The van der Waals surface area contributed by atoms with E-state index < -0.39 is 22.7 Å². The number of amidine groups is 1. The number of nitriles is 2. The zero-order chi connectivity index (χ0) is 18.3. The Morgan fingerprint density at radius 2 is 1.76 bits per heavy atom. The van der Waals surface area contributed by atoms with Crippen LogP contribution in [0.3, 0.4) is 0 Å². The molecule has 0 radical (unpaired) electrons. The van der Waals surface area contributed by atoms with Crippen LogP contribution in [-0.4, -0.2) is 31.2 Å². The molecule has 1 fully saturated rings. The first kappa shape index (κ1) is 17.8. The number of benzene rings is 1. The Morgan fingerprint density at radius 1 is 1.16 bits per heavy atom. The molecule has 0 bridgehead atoms. The van der Waals surface area contributed by atoms with Crippen LogP contribution in [0.4, 0.5) is 0 Å². The fourth-order valence-corrected chi connectivity index (χ4v) is 4.56. The van der Waals surface area contributed by atoms with Crippen LogP contribution in [0.2, 0.25) is 0 Å². The number of rotatable bonds is 6. The van der Waals surface area contributed by atoms with E-state index in [0.29, 0.717) is 13.2 Å². The van der Waals surface area contributed by atoms with Crippen LogP contribution < -0.4 is 10.7 Å². The van der Waals surface area contributed by atoms with Gasteiger partial charge in [0.25, 0.3) is 5.84 Å². The molecule has 1 aromatic carbocycles. The number of nitrogens with zero attached hydrogens (tertiary/aromatic N) is 2. The Bertz CT molecular complexity index is 789. The summed E-state index contributed by atoms with van der Waals surface area (Å²) in [5.41, 5.74) is 4.69. The van der Waals surface area contributed by atoms with Crippen molar-refractivity contribution in [2.24, 2.45) is 16.6 Å². The molecule has 0 aromatic heterocycles. The summed E-state index contributed by atoms with van der Waals surface area (Å²) < 4.78 is 11.7. The van der Waals surface area contributed by atoms with Gasteiger partial charge in [-0.05, 0) is 37.8 Å². The van der Waals surface area contributed by atoms with Gasteiger partial charge in [0.1, 0.15) is 0 Å². The first-order valence-corrected chi connectivity index (χ1v) is 9.41. The van der Waals surface area contributed by atoms with Gasteiger partial charge >= 0.3 is 5.91 Å². The van der Waals surface area contributed by atoms with E-state index in [2.05, 4.69) is 17.1 Å². The lowest BCUT2D eigenvalue weighted by molar-refractivity contribution is -0.693. The number of fused-ring (bicyclic) bond motifs is 1. The highest BCUT2D eigenvalue weighted by atomic mass is 32.2. The molecule has 25 heavy (non-hydrogen) atoms. The van der Waals surface area contributed by atoms with Crippen molar-refractivity contribution in [2.45, 2.75) is 30.6 Å². The third kappa shape index (κ3) is 1.95. The van der Waals surface area contributed by atoms with Crippen molar-refractivity contribution in [3.63, 3.8) is 0 Å². The van der Waals surface area contributed by atoms with E-state index >= 15 is 0 Å². The molecule has 1 aliphatic carbocycles. The fourth-order valence-electron chi connectivity index (χ4n) is 4.15.